The summed E-state index contributed by atoms with van der Waals surface area (Å²) >= 11 is 0. The second kappa shape index (κ2) is 4.10. The lowest BCUT2D eigenvalue weighted by atomic mass is 10.1. The number of nitrogens with two attached hydrogens (primary N) is 1. The van der Waals surface area contributed by atoms with E-state index >= 15 is 0 Å². The number of unbranched alkanes of at least 4 members (excludes halogenated alkanes) is 4. The molecule has 0 saturated heterocycles. The van der Waals surface area contributed by atoms with Crippen LogP contribution in [0.5, 0.6) is 0 Å². The first-order valence-corrected chi connectivity index (χ1v) is 5.06. The summed E-state index contributed by atoms with van der Waals surface area (Å²) in [6, 6.07) is 0. The Labute approximate surface area is 70.4 Å². The van der Waals surface area contributed by atoms with Crippen molar-refractivity contribution >= 4 is 0 Å². The van der Waals surface area contributed by atoms with E-state index in [-0.39, 0.29) is 0 Å². The highest BCUT2D eigenvalue weighted by atomic mass is 14.8. The molecule has 11 heavy (non-hydrogen) atoms. The van der Waals surface area contributed by atoms with Gasteiger partial charge in [-0.3, -0.25) is 0 Å². The molecule has 0 amide bonds. The fourth-order valence-corrected chi connectivity index (χ4v) is 1.49. The highest BCUT2D eigenvalue weighted by Crippen LogP contribution is 2.37. The molecule has 1 saturated carbocycles. The first kappa shape index (κ1) is 9.05. The molecule has 0 aliphatic heterocycles. The van der Waals surface area contributed by atoms with Gasteiger partial charge in [0.15, 0.2) is 0 Å². The minimum atomic E-state index is 0.298. The van der Waals surface area contributed by atoms with Crippen LogP contribution < -0.4 is 5.73 Å². The maximum atomic E-state index is 5.96. The molecule has 1 nitrogen and oxygen atoms in total. The van der Waals surface area contributed by atoms with Crippen LogP contribution in [-0.2, 0) is 0 Å². The van der Waals surface area contributed by atoms with Crippen molar-refractivity contribution in [3.63, 3.8) is 0 Å². The average Bonchev–Trinajstić information content (AvgIpc) is 2.69. The molecule has 1 aliphatic carbocycles. The zero-order valence-corrected chi connectivity index (χ0v) is 7.73. The molecule has 1 fully saturated rings. The van der Waals surface area contributed by atoms with Crippen LogP contribution in [0.1, 0.15) is 58.3 Å². The lowest BCUT2D eigenvalue weighted by molar-refractivity contribution is 0.533. The summed E-state index contributed by atoms with van der Waals surface area (Å²) in [6.45, 7) is 2.26. The molecule has 0 radical (unpaired) electrons. The van der Waals surface area contributed by atoms with Crippen LogP contribution in [-0.4, -0.2) is 5.54 Å². The van der Waals surface area contributed by atoms with Gasteiger partial charge in [-0.15, -0.1) is 0 Å². The summed E-state index contributed by atoms with van der Waals surface area (Å²) in [7, 11) is 0. The van der Waals surface area contributed by atoms with Crippen molar-refractivity contribution in [2.45, 2.75) is 63.8 Å². The monoisotopic (exact) mass is 155 g/mol. The maximum absolute atomic E-state index is 5.96. The molecule has 0 aromatic rings. The third-order valence-electron chi connectivity index (χ3n) is 2.67. The van der Waals surface area contributed by atoms with E-state index in [0.29, 0.717) is 5.54 Å². The van der Waals surface area contributed by atoms with E-state index in [0.717, 1.165) is 0 Å². The fourth-order valence-electron chi connectivity index (χ4n) is 1.49. The molecule has 0 heterocycles. The summed E-state index contributed by atoms with van der Waals surface area (Å²) in [5.74, 6) is 0. The van der Waals surface area contributed by atoms with Gasteiger partial charge in [-0.05, 0) is 19.3 Å². The highest BCUT2D eigenvalue weighted by molar-refractivity contribution is 4.97. The van der Waals surface area contributed by atoms with E-state index in [1.54, 1.807) is 0 Å². The van der Waals surface area contributed by atoms with Gasteiger partial charge in [0.2, 0.25) is 0 Å². The van der Waals surface area contributed by atoms with Crippen LogP contribution in [0.15, 0.2) is 0 Å². The maximum Gasteiger partial charge on any atom is 0.0155 e. The Balaban J connectivity index is 1.81. The molecule has 1 heteroatoms. The van der Waals surface area contributed by atoms with E-state index < -0.39 is 0 Å². The molecule has 1 rings (SSSR count). The van der Waals surface area contributed by atoms with Crippen LogP contribution in [0.25, 0.3) is 0 Å². The Bertz CT molecular complexity index is 105. The van der Waals surface area contributed by atoms with Crippen LogP contribution in [0.2, 0.25) is 0 Å². The zero-order chi connectivity index (χ0) is 8.16. The third-order valence-corrected chi connectivity index (χ3v) is 2.67. The van der Waals surface area contributed by atoms with Gasteiger partial charge in [-0.25, -0.2) is 0 Å². The predicted molar refractivity (Wildman–Crippen MR) is 49.5 cm³/mol. The Morgan fingerprint density at radius 3 is 2.27 bits per heavy atom. The zero-order valence-electron chi connectivity index (χ0n) is 7.73. The molecular formula is C10H21N. The number of hydrogen-bond donors (Lipinski definition) is 1. The Morgan fingerprint density at radius 1 is 1.09 bits per heavy atom. The van der Waals surface area contributed by atoms with E-state index in [1.807, 2.05) is 0 Å². The van der Waals surface area contributed by atoms with Gasteiger partial charge in [0, 0.05) is 5.54 Å². The van der Waals surface area contributed by atoms with Crippen LogP contribution in [0, 0.1) is 0 Å². The summed E-state index contributed by atoms with van der Waals surface area (Å²) in [6.07, 6.45) is 10.7. The van der Waals surface area contributed by atoms with E-state index in [2.05, 4.69) is 6.92 Å². The van der Waals surface area contributed by atoms with Crippen molar-refractivity contribution in [3.05, 3.63) is 0 Å². The third kappa shape index (κ3) is 3.76. The average molecular weight is 155 g/mol. The topological polar surface area (TPSA) is 26.0 Å². The Morgan fingerprint density at radius 2 is 1.73 bits per heavy atom. The van der Waals surface area contributed by atoms with Crippen molar-refractivity contribution < 1.29 is 0 Å². The molecule has 0 spiro atoms. The van der Waals surface area contributed by atoms with Gasteiger partial charge in [0.05, 0.1) is 0 Å². The first-order valence-electron chi connectivity index (χ1n) is 5.06. The minimum Gasteiger partial charge on any atom is -0.325 e. The quantitative estimate of drug-likeness (QED) is 0.586. The second-order valence-electron chi connectivity index (χ2n) is 4.03. The van der Waals surface area contributed by atoms with Crippen LogP contribution in [0.4, 0.5) is 0 Å². The lowest BCUT2D eigenvalue weighted by Crippen LogP contribution is -2.20. The molecule has 0 bridgehead atoms. The Kier molecular flexibility index (Phi) is 3.38. The predicted octanol–water partition coefficient (Wildman–Crippen LogP) is 2.84. The van der Waals surface area contributed by atoms with Gasteiger partial charge in [-0.1, -0.05) is 39.0 Å². The van der Waals surface area contributed by atoms with Crippen LogP contribution in [0.3, 0.4) is 0 Å². The van der Waals surface area contributed by atoms with E-state index in [9.17, 15) is 0 Å². The molecule has 0 atom stereocenters. The van der Waals surface area contributed by atoms with Gasteiger partial charge >= 0.3 is 0 Å². The molecule has 0 aromatic heterocycles. The van der Waals surface area contributed by atoms with E-state index in [1.165, 1.54) is 51.4 Å². The van der Waals surface area contributed by atoms with Gasteiger partial charge in [-0.2, -0.15) is 0 Å². The molecule has 0 unspecified atom stereocenters. The van der Waals surface area contributed by atoms with Gasteiger partial charge in [0.25, 0.3) is 0 Å². The lowest BCUT2D eigenvalue weighted by Gasteiger charge is -2.06. The first-order chi connectivity index (χ1) is 5.27. The minimum absolute atomic E-state index is 0.298. The van der Waals surface area contributed by atoms with Crippen molar-refractivity contribution in [1.29, 1.82) is 0 Å². The van der Waals surface area contributed by atoms with Crippen molar-refractivity contribution in [3.8, 4) is 0 Å². The molecule has 0 aromatic carbocycles. The van der Waals surface area contributed by atoms with Crippen molar-refractivity contribution in [2.24, 2.45) is 5.73 Å². The standard InChI is InChI=1S/C10H21N/c1-2-3-4-5-6-7-10(11)8-9-10/h2-9,11H2,1H3. The van der Waals surface area contributed by atoms with E-state index in [4.69, 9.17) is 5.73 Å². The summed E-state index contributed by atoms with van der Waals surface area (Å²) in [4.78, 5) is 0. The Hall–Kier alpha value is -0.0400. The van der Waals surface area contributed by atoms with Gasteiger partial charge < -0.3 is 5.73 Å². The van der Waals surface area contributed by atoms with Gasteiger partial charge in [0.1, 0.15) is 0 Å². The molecule has 66 valence electrons. The summed E-state index contributed by atoms with van der Waals surface area (Å²) in [5, 5.41) is 0. The number of rotatable bonds is 6. The summed E-state index contributed by atoms with van der Waals surface area (Å²) in [5.41, 5.74) is 6.26. The second-order valence-corrected chi connectivity index (χ2v) is 4.03. The smallest absolute Gasteiger partial charge is 0.0155 e. The number of hydrogen-bond acceptors (Lipinski definition) is 1. The SMILES string of the molecule is CCCCCCCC1(N)CC1. The fraction of sp³-hybridized carbons (Fsp3) is 1.00. The van der Waals surface area contributed by atoms with Crippen LogP contribution >= 0.6 is 0 Å². The molecule has 1 aliphatic rings. The van der Waals surface area contributed by atoms with Crippen molar-refractivity contribution in [1.82, 2.24) is 0 Å². The summed E-state index contributed by atoms with van der Waals surface area (Å²) < 4.78 is 0. The normalized spacial score (nSPS) is 20.2. The molecular weight excluding hydrogens is 134 g/mol. The highest BCUT2D eigenvalue weighted by Gasteiger charge is 2.36. The molecule has 2 N–H and O–H groups in total. The van der Waals surface area contributed by atoms with Crippen molar-refractivity contribution in [2.75, 3.05) is 0 Å². The largest absolute Gasteiger partial charge is 0.325 e.